The van der Waals surface area contributed by atoms with Gasteiger partial charge in [0.25, 0.3) is 5.91 Å². The highest BCUT2D eigenvalue weighted by Gasteiger charge is 2.31. The molecule has 0 saturated carbocycles. The van der Waals surface area contributed by atoms with E-state index >= 15 is 0 Å². The highest BCUT2D eigenvalue weighted by Crippen LogP contribution is 2.38. The molecule has 1 unspecified atom stereocenters. The molecular formula is C23H23F3N4O2. The summed E-state index contributed by atoms with van der Waals surface area (Å²) in [6, 6.07) is 7.28. The third-order valence-electron chi connectivity index (χ3n) is 5.66. The van der Waals surface area contributed by atoms with Crippen molar-refractivity contribution in [3.63, 3.8) is 0 Å². The normalized spacial score (nSPS) is 15.9. The predicted octanol–water partition coefficient (Wildman–Crippen LogP) is 4.87. The summed E-state index contributed by atoms with van der Waals surface area (Å²) in [6.45, 7) is 6.07. The van der Waals surface area contributed by atoms with Crippen LogP contribution < -0.4 is 5.73 Å². The summed E-state index contributed by atoms with van der Waals surface area (Å²) in [5, 5.41) is 0.806. The average molecular weight is 444 g/mol. The number of rotatable bonds is 4. The molecule has 4 rings (SSSR count). The minimum atomic E-state index is -4.46. The third-order valence-corrected chi connectivity index (χ3v) is 5.66. The van der Waals surface area contributed by atoms with Crippen LogP contribution in [-0.2, 0) is 24.1 Å². The number of ether oxygens (including phenoxy) is 1. The van der Waals surface area contributed by atoms with Crippen LogP contribution in [0.25, 0.3) is 10.9 Å². The molecule has 0 radical (unpaired) electrons. The highest BCUT2D eigenvalue weighted by atomic mass is 19.4. The van der Waals surface area contributed by atoms with Gasteiger partial charge in [0.1, 0.15) is 5.82 Å². The number of nitrogens with zero attached hydrogens (tertiary/aromatic N) is 3. The molecule has 9 heteroatoms. The molecular weight excluding hydrogens is 421 g/mol. The molecule has 0 spiro atoms. The minimum absolute atomic E-state index is 0.0882. The highest BCUT2D eigenvalue weighted by molar-refractivity contribution is 5.99. The van der Waals surface area contributed by atoms with Crippen molar-refractivity contribution in [1.82, 2.24) is 14.9 Å². The van der Waals surface area contributed by atoms with Gasteiger partial charge >= 0.3 is 6.18 Å². The van der Waals surface area contributed by atoms with Crippen molar-refractivity contribution in [3.05, 3.63) is 64.5 Å². The molecule has 3 aromatic rings. The molecule has 0 aliphatic carbocycles. The zero-order chi connectivity index (χ0) is 23.2. The maximum Gasteiger partial charge on any atom is 0.417 e. The zero-order valence-corrected chi connectivity index (χ0v) is 17.9. The van der Waals surface area contributed by atoms with Gasteiger partial charge in [0.15, 0.2) is 0 Å². The van der Waals surface area contributed by atoms with Crippen LogP contribution >= 0.6 is 0 Å². The van der Waals surface area contributed by atoms with Crippen LogP contribution in [0.15, 0.2) is 36.5 Å². The van der Waals surface area contributed by atoms with Crippen molar-refractivity contribution >= 4 is 22.6 Å². The monoisotopic (exact) mass is 444 g/mol. The topological polar surface area (TPSA) is 81.3 Å². The number of carbonyl (C=O) groups is 1. The second kappa shape index (κ2) is 8.05. The number of nitrogen functional groups attached to an aromatic ring is 1. The quantitative estimate of drug-likeness (QED) is 0.621. The number of hydrogen-bond donors (Lipinski definition) is 1. The first-order valence-electron chi connectivity index (χ1n) is 10.2. The molecule has 1 aliphatic rings. The zero-order valence-electron chi connectivity index (χ0n) is 17.9. The van der Waals surface area contributed by atoms with Gasteiger partial charge in [-0.25, -0.2) is 4.98 Å². The predicted molar refractivity (Wildman–Crippen MR) is 114 cm³/mol. The number of carbonyl (C=O) groups excluding carboxylic acids is 1. The summed E-state index contributed by atoms with van der Waals surface area (Å²) in [7, 11) is 0. The van der Waals surface area contributed by atoms with Gasteiger partial charge in [-0.2, -0.15) is 13.2 Å². The summed E-state index contributed by atoms with van der Waals surface area (Å²) in [6.07, 6.45) is -3.84. The number of amides is 1. The molecule has 32 heavy (non-hydrogen) atoms. The third kappa shape index (κ3) is 4.00. The van der Waals surface area contributed by atoms with Crippen LogP contribution in [0.1, 0.15) is 59.6 Å². The lowest BCUT2D eigenvalue weighted by Crippen LogP contribution is -2.36. The Morgan fingerprint density at radius 3 is 2.66 bits per heavy atom. The molecule has 0 bridgehead atoms. The Bertz CT molecular complexity index is 1180. The standard InChI is InChI=1S/C23H23F3N4O2/c1-12(2)30(10-16-6-5-15(9-28-16)23(24,25)26)22(31)14-4-7-19-17(8-14)18-11-32-13(3)20(18)21(27)29-19/h4-9,12-13H,10-11H2,1-3H3,(H2,27,29). The van der Waals surface area contributed by atoms with Gasteiger partial charge < -0.3 is 15.4 Å². The van der Waals surface area contributed by atoms with Gasteiger partial charge in [0.2, 0.25) is 0 Å². The Morgan fingerprint density at radius 2 is 2.03 bits per heavy atom. The fourth-order valence-corrected chi connectivity index (χ4v) is 3.91. The smallest absolute Gasteiger partial charge is 0.383 e. The lowest BCUT2D eigenvalue weighted by molar-refractivity contribution is -0.137. The SMILES string of the molecule is CC1OCc2c1c(N)nc1ccc(C(=O)N(Cc3ccc(C(F)(F)F)cn3)C(C)C)cc21. The van der Waals surface area contributed by atoms with Crippen molar-refractivity contribution in [1.29, 1.82) is 0 Å². The van der Waals surface area contributed by atoms with Crippen LogP contribution in [-0.4, -0.2) is 26.8 Å². The number of hydrogen-bond acceptors (Lipinski definition) is 5. The van der Waals surface area contributed by atoms with Crippen molar-refractivity contribution in [2.75, 3.05) is 5.73 Å². The summed E-state index contributed by atoms with van der Waals surface area (Å²) >= 11 is 0. The lowest BCUT2D eigenvalue weighted by atomic mass is 10.00. The van der Waals surface area contributed by atoms with E-state index in [0.29, 0.717) is 29.2 Å². The Balaban J connectivity index is 1.66. The van der Waals surface area contributed by atoms with Gasteiger partial charge in [0, 0.05) is 28.8 Å². The van der Waals surface area contributed by atoms with E-state index in [0.717, 1.165) is 28.8 Å². The summed E-state index contributed by atoms with van der Waals surface area (Å²) < 4.78 is 44.1. The molecule has 1 aromatic carbocycles. The number of anilines is 1. The van der Waals surface area contributed by atoms with Crippen molar-refractivity contribution in [2.24, 2.45) is 0 Å². The number of aromatic nitrogens is 2. The van der Waals surface area contributed by atoms with Gasteiger partial charge in [-0.3, -0.25) is 9.78 Å². The fourth-order valence-electron chi connectivity index (χ4n) is 3.91. The van der Waals surface area contributed by atoms with Gasteiger partial charge in [-0.15, -0.1) is 0 Å². The molecule has 1 atom stereocenters. The molecule has 2 N–H and O–H groups in total. The number of nitrogens with two attached hydrogens (primary N) is 1. The summed E-state index contributed by atoms with van der Waals surface area (Å²) in [5.41, 5.74) is 8.54. The second-order valence-corrected chi connectivity index (χ2v) is 8.14. The summed E-state index contributed by atoms with van der Waals surface area (Å²) in [5.74, 6) is 0.176. The number of pyridine rings is 2. The van der Waals surface area contributed by atoms with E-state index in [4.69, 9.17) is 10.5 Å². The van der Waals surface area contributed by atoms with Crippen LogP contribution in [0.2, 0.25) is 0 Å². The van der Waals surface area contributed by atoms with Crippen LogP contribution in [0.5, 0.6) is 0 Å². The minimum Gasteiger partial charge on any atom is -0.383 e. The molecule has 168 valence electrons. The Morgan fingerprint density at radius 1 is 1.28 bits per heavy atom. The Kier molecular flexibility index (Phi) is 5.54. The molecule has 1 aliphatic heterocycles. The van der Waals surface area contributed by atoms with E-state index in [1.807, 2.05) is 20.8 Å². The summed E-state index contributed by atoms with van der Waals surface area (Å²) in [4.78, 5) is 23.3. The first-order chi connectivity index (χ1) is 15.1. The van der Waals surface area contributed by atoms with Crippen LogP contribution in [0.3, 0.4) is 0 Å². The molecule has 0 fully saturated rings. The number of alkyl halides is 3. The maximum atomic E-state index is 13.3. The molecule has 6 nitrogen and oxygen atoms in total. The van der Waals surface area contributed by atoms with Crippen molar-refractivity contribution < 1.29 is 22.7 Å². The van der Waals surface area contributed by atoms with Crippen LogP contribution in [0, 0.1) is 0 Å². The van der Waals surface area contributed by atoms with Gasteiger partial charge in [0.05, 0.1) is 36.0 Å². The van der Waals surface area contributed by atoms with Crippen LogP contribution in [0.4, 0.5) is 19.0 Å². The first kappa shape index (κ1) is 22.0. The largest absolute Gasteiger partial charge is 0.417 e. The maximum absolute atomic E-state index is 13.3. The second-order valence-electron chi connectivity index (χ2n) is 8.14. The number of fused-ring (bicyclic) bond motifs is 3. The number of benzene rings is 1. The lowest BCUT2D eigenvalue weighted by Gasteiger charge is -2.27. The van der Waals surface area contributed by atoms with E-state index in [9.17, 15) is 18.0 Å². The molecule has 1 amide bonds. The van der Waals surface area contributed by atoms with Crippen molar-refractivity contribution in [2.45, 2.75) is 52.2 Å². The Labute approximate surface area is 183 Å². The van der Waals surface area contributed by atoms with E-state index in [1.54, 1.807) is 23.1 Å². The number of halogens is 3. The average Bonchev–Trinajstić information content (AvgIpc) is 3.13. The van der Waals surface area contributed by atoms with E-state index in [1.165, 1.54) is 6.07 Å². The molecule has 2 aromatic heterocycles. The van der Waals surface area contributed by atoms with E-state index in [2.05, 4.69) is 9.97 Å². The fraction of sp³-hybridized carbons (Fsp3) is 0.348. The Hall–Kier alpha value is -3.20. The first-order valence-corrected chi connectivity index (χ1v) is 10.2. The van der Waals surface area contributed by atoms with Gasteiger partial charge in [-0.05, 0) is 56.7 Å². The van der Waals surface area contributed by atoms with E-state index in [-0.39, 0.29) is 24.6 Å². The molecule has 3 heterocycles. The van der Waals surface area contributed by atoms with Gasteiger partial charge in [-0.1, -0.05) is 0 Å². The van der Waals surface area contributed by atoms with E-state index < -0.39 is 11.7 Å². The molecule has 0 saturated heterocycles. The van der Waals surface area contributed by atoms with Crippen molar-refractivity contribution in [3.8, 4) is 0 Å².